The van der Waals surface area contributed by atoms with Gasteiger partial charge in [-0.2, -0.15) is 0 Å². The van der Waals surface area contributed by atoms with E-state index in [1.54, 1.807) is 14.2 Å². The minimum Gasteiger partial charge on any atom is -0.493 e. The summed E-state index contributed by atoms with van der Waals surface area (Å²) in [4.78, 5) is 17.5. The molecule has 0 saturated carbocycles. The Hall–Kier alpha value is -1.75. The van der Waals surface area contributed by atoms with Gasteiger partial charge in [0.2, 0.25) is 5.91 Å². The number of hydrogen-bond donors (Lipinski definition) is 0. The molecule has 2 fully saturated rings. The largest absolute Gasteiger partial charge is 0.493 e. The van der Waals surface area contributed by atoms with Gasteiger partial charge in [0.15, 0.2) is 11.5 Å². The second kappa shape index (κ2) is 9.26. The van der Waals surface area contributed by atoms with Crippen LogP contribution in [-0.4, -0.2) is 56.1 Å². The number of amides is 1. The van der Waals surface area contributed by atoms with E-state index in [1.807, 2.05) is 12.1 Å². The maximum atomic E-state index is 13.0. The van der Waals surface area contributed by atoms with Crippen molar-refractivity contribution in [2.24, 2.45) is 5.92 Å². The fourth-order valence-electron chi connectivity index (χ4n) is 4.19. The predicted molar refractivity (Wildman–Crippen MR) is 103 cm³/mol. The van der Waals surface area contributed by atoms with E-state index < -0.39 is 0 Å². The summed E-state index contributed by atoms with van der Waals surface area (Å²) in [6.07, 6.45) is 6.97. The van der Waals surface area contributed by atoms with Gasteiger partial charge in [-0.1, -0.05) is 18.9 Å². The molecule has 0 bridgehead atoms. The van der Waals surface area contributed by atoms with Crippen LogP contribution < -0.4 is 9.47 Å². The third-order valence-electron chi connectivity index (χ3n) is 5.63. The fraction of sp³-hybridized carbons (Fsp3) is 0.667. The fourth-order valence-corrected chi connectivity index (χ4v) is 4.19. The van der Waals surface area contributed by atoms with Crippen molar-refractivity contribution in [3.05, 3.63) is 23.8 Å². The van der Waals surface area contributed by atoms with Gasteiger partial charge < -0.3 is 14.4 Å². The molecule has 0 aromatic heterocycles. The summed E-state index contributed by atoms with van der Waals surface area (Å²) in [7, 11) is 3.32. The van der Waals surface area contributed by atoms with Crippen LogP contribution in [0, 0.1) is 5.92 Å². The molecule has 1 aromatic rings. The number of rotatable bonds is 5. The van der Waals surface area contributed by atoms with Crippen molar-refractivity contribution in [3.63, 3.8) is 0 Å². The second-order valence-electron chi connectivity index (χ2n) is 7.50. The van der Waals surface area contributed by atoms with Crippen LogP contribution in [0.15, 0.2) is 18.2 Å². The normalized spacial score (nSPS) is 21.9. The molecule has 5 nitrogen and oxygen atoms in total. The van der Waals surface area contributed by atoms with Crippen LogP contribution in [0.1, 0.15) is 44.1 Å². The van der Waals surface area contributed by atoms with Gasteiger partial charge in [0.05, 0.1) is 20.1 Å². The lowest BCUT2D eigenvalue weighted by atomic mass is 9.96. The Morgan fingerprint density at radius 3 is 2.42 bits per heavy atom. The Morgan fingerprint density at radius 2 is 1.73 bits per heavy atom. The standard InChI is InChI=1S/C21H32N2O3/c1-25-19-10-9-17(14-20(19)26-2)15-22-11-7-8-18(16-22)21(24)23-12-5-3-4-6-13-23/h9-10,14,18H,3-8,11-13,15-16H2,1-2H3. The van der Waals surface area contributed by atoms with E-state index in [4.69, 9.17) is 9.47 Å². The summed E-state index contributed by atoms with van der Waals surface area (Å²) in [6, 6.07) is 6.08. The van der Waals surface area contributed by atoms with E-state index >= 15 is 0 Å². The number of likely N-dealkylation sites (tertiary alicyclic amines) is 2. The summed E-state index contributed by atoms with van der Waals surface area (Å²) in [5.74, 6) is 2.05. The van der Waals surface area contributed by atoms with E-state index in [0.29, 0.717) is 5.91 Å². The number of methoxy groups -OCH3 is 2. The lowest BCUT2D eigenvalue weighted by molar-refractivity contribution is -0.137. The minimum atomic E-state index is 0.155. The number of ether oxygens (including phenoxy) is 2. The number of carbonyl (C=O) groups is 1. The summed E-state index contributed by atoms with van der Waals surface area (Å²) in [5.41, 5.74) is 1.20. The first-order valence-electron chi connectivity index (χ1n) is 9.93. The Balaban J connectivity index is 1.60. The summed E-state index contributed by atoms with van der Waals surface area (Å²) < 4.78 is 10.7. The van der Waals surface area contributed by atoms with Crippen molar-refractivity contribution in [3.8, 4) is 11.5 Å². The van der Waals surface area contributed by atoms with Crippen LogP contribution >= 0.6 is 0 Å². The van der Waals surface area contributed by atoms with Crippen LogP contribution in [0.25, 0.3) is 0 Å². The van der Waals surface area contributed by atoms with Crippen LogP contribution in [-0.2, 0) is 11.3 Å². The molecule has 2 heterocycles. The van der Waals surface area contributed by atoms with E-state index in [2.05, 4.69) is 15.9 Å². The third kappa shape index (κ3) is 4.70. The first kappa shape index (κ1) is 19.0. The van der Waals surface area contributed by atoms with Gasteiger partial charge >= 0.3 is 0 Å². The van der Waals surface area contributed by atoms with Crippen LogP contribution in [0.4, 0.5) is 0 Å². The van der Waals surface area contributed by atoms with Crippen molar-refractivity contribution in [1.82, 2.24) is 9.80 Å². The number of carbonyl (C=O) groups excluding carboxylic acids is 1. The smallest absolute Gasteiger partial charge is 0.226 e. The Bertz CT molecular complexity index is 597. The van der Waals surface area contributed by atoms with Crippen molar-refractivity contribution < 1.29 is 14.3 Å². The molecule has 5 heteroatoms. The van der Waals surface area contributed by atoms with E-state index in [0.717, 1.165) is 69.9 Å². The molecular weight excluding hydrogens is 328 g/mol. The van der Waals surface area contributed by atoms with Gasteiger partial charge in [0.25, 0.3) is 0 Å². The molecule has 3 rings (SSSR count). The highest BCUT2D eigenvalue weighted by Crippen LogP contribution is 2.29. The molecule has 2 aliphatic rings. The van der Waals surface area contributed by atoms with Crippen LogP contribution in [0.3, 0.4) is 0 Å². The van der Waals surface area contributed by atoms with Gasteiger partial charge in [-0.05, 0) is 49.9 Å². The molecular formula is C21H32N2O3. The average molecular weight is 360 g/mol. The molecule has 0 N–H and O–H groups in total. The molecule has 0 spiro atoms. The molecule has 26 heavy (non-hydrogen) atoms. The van der Waals surface area contributed by atoms with Crippen molar-refractivity contribution >= 4 is 5.91 Å². The lowest BCUT2D eigenvalue weighted by Crippen LogP contribution is -2.44. The Kier molecular flexibility index (Phi) is 6.78. The summed E-state index contributed by atoms with van der Waals surface area (Å²) >= 11 is 0. The van der Waals surface area contributed by atoms with Gasteiger partial charge in [-0.25, -0.2) is 0 Å². The molecule has 2 saturated heterocycles. The molecule has 0 aliphatic carbocycles. The zero-order valence-corrected chi connectivity index (χ0v) is 16.2. The molecule has 1 atom stereocenters. The van der Waals surface area contributed by atoms with Gasteiger partial charge in [0, 0.05) is 26.2 Å². The van der Waals surface area contributed by atoms with E-state index in [-0.39, 0.29) is 5.92 Å². The summed E-state index contributed by atoms with van der Waals surface area (Å²) in [5, 5.41) is 0. The highest BCUT2D eigenvalue weighted by molar-refractivity contribution is 5.79. The van der Waals surface area contributed by atoms with Crippen LogP contribution in [0.2, 0.25) is 0 Å². The number of piperidine rings is 1. The first-order valence-corrected chi connectivity index (χ1v) is 9.93. The second-order valence-corrected chi connectivity index (χ2v) is 7.50. The van der Waals surface area contributed by atoms with E-state index in [1.165, 1.54) is 18.4 Å². The van der Waals surface area contributed by atoms with Crippen molar-refractivity contribution in [2.45, 2.75) is 45.1 Å². The molecule has 2 aliphatic heterocycles. The number of nitrogens with zero attached hydrogens (tertiary/aromatic N) is 2. The predicted octanol–water partition coefficient (Wildman–Crippen LogP) is 3.32. The quantitative estimate of drug-likeness (QED) is 0.808. The first-order chi connectivity index (χ1) is 12.7. The van der Waals surface area contributed by atoms with Crippen LogP contribution in [0.5, 0.6) is 11.5 Å². The van der Waals surface area contributed by atoms with Crippen molar-refractivity contribution in [1.29, 1.82) is 0 Å². The van der Waals surface area contributed by atoms with Gasteiger partial charge in [-0.15, -0.1) is 0 Å². The van der Waals surface area contributed by atoms with Gasteiger partial charge in [-0.3, -0.25) is 9.69 Å². The lowest BCUT2D eigenvalue weighted by Gasteiger charge is -2.34. The maximum absolute atomic E-state index is 13.0. The third-order valence-corrected chi connectivity index (χ3v) is 5.63. The van der Waals surface area contributed by atoms with Crippen molar-refractivity contribution in [2.75, 3.05) is 40.4 Å². The van der Waals surface area contributed by atoms with E-state index in [9.17, 15) is 4.79 Å². The molecule has 144 valence electrons. The monoisotopic (exact) mass is 360 g/mol. The topological polar surface area (TPSA) is 42.0 Å². The highest BCUT2D eigenvalue weighted by Gasteiger charge is 2.29. The average Bonchev–Trinajstić information content (AvgIpc) is 2.97. The zero-order chi connectivity index (χ0) is 18.4. The SMILES string of the molecule is COc1ccc(CN2CCCC(C(=O)N3CCCCCC3)C2)cc1OC. The summed E-state index contributed by atoms with van der Waals surface area (Å²) in [6.45, 7) is 4.67. The minimum absolute atomic E-state index is 0.155. The Labute approximate surface area is 157 Å². The number of hydrogen-bond acceptors (Lipinski definition) is 4. The highest BCUT2D eigenvalue weighted by atomic mass is 16.5. The maximum Gasteiger partial charge on any atom is 0.226 e. The molecule has 1 unspecified atom stereocenters. The zero-order valence-electron chi connectivity index (χ0n) is 16.2. The Morgan fingerprint density at radius 1 is 1.00 bits per heavy atom. The molecule has 1 amide bonds. The number of benzene rings is 1. The van der Waals surface area contributed by atoms with Gasteiger partial charge in [0.1, 0.15) is 0 Å². The molecule has 1 aromatic carbocycles. The molecule has 0 radical (unpaired) electrons.